The van der Waals surface area contributed by atoms with Gasteiger partial charge in [0.2, 0.25) is 5.91 Å². The lowest BCUT2D eigenvalue weighted by Gasteiger charge is -2.42. The molecule has 0 aromatic rings. The van der Waals surface area contributed by atoms with Crippen molar-refractivity contribution in [2.75, 3.05) is 40.4 Å². The van der Waals surface area contributed by atoms with Gasteiger partial charge >= 0.3 is 0 Å². The van der Waals surface area contributed by atoms with Gasteiger partial charge in [0.05, 0.1) is 0 Å². The van der Waals surface area contributed by atoms with Gasteiger partial charge in [-0.05, 0) is 24.7 Å². The molecule has 0 aromatic carbocycles. The predicted molar refractivity (Wildman–Crippen MR) is 94.6 cm³/mol. The molecule has 1 fully saturated rings. The number of guanidine groups is 1. The number of carbonyl (C=O) groups excluding carboxylic acids is 1. The van der Waals surface area contributed by atoms with E-state index in [1.54, 1.807) is 14.2 Å². The van der Waals surface area contributed by atoms with Crippen LogP contribution in [0.4, 0.5) is 0 Å². The van der Waals surface area contributed by atoms with E-state index >= 15 is 0 Å². The summed E-state index contributed by atoms with van der Waals surface area (Å²) in [6.07, 6.45) is 4.90. The summed E-state index contributed by atoms with van der Waals surface area (Å²) < 4.78 is 5.22. The standard InChI is InChI=1S/C17H34N4O2/c1-16(2,3)14(22)19-10-11-20-15(18-4)21-13-17(7-6-8-17)9-12-23-5/h6-13H2,1-5H3,(H,19,22)(H2,18,20,21). The van der Waals surface area contributed by atoms with Gasteiger partial charge in [-0.3, -0.25) is 9.79 Å². The van der Waals surface area contributed by atoms with Crippen LogP contribution in [-0.2, 0) is 9.53 Å². The van der Waals surface area contributed by atoms with Gasteiger partial charge in [-0.15, -0.1) is 0 Å². The Morgan fingerprint density at radius 3 is 2.30 bits per heavy atom. The van der Waals surface area contributed by atoms with Crippen LogP contribution in [0, 0.1) is 10.8 Å². The number of ether oxygens (including phenoxy) is 1. The molecule has 0 saturated heterocycles. The fourth-order valence-corrected chi connectivity index (χ4v) is 2.62. The number of amides is 1. The van der Waals surface area contributed by atoms with Crippen molar-refractivity contribution in [1.29, 1.82) is 0 Å². The summed E-state index contributed by atoms with van der Waals surface area (Å²) >= 11 is 0. The molecule has 1 saturated carbocycles. The zero-order valence-corrected chi connectivity index (χ0v) is 15.4. The largest absolute Gasteiger partial charge is 0.385 e. The van der Waals surface area contributed by atoms with Gasteiger partial charge in [0.15, 0.2) is 5.96 Å². The highest BCUT2D eigenvalue weighted by molar-refractivity contribution is 5.81. The molecule has 134 valence electrons. The Hall–Kier alpha value is -1.30. The van der Waals surface area contributed by atoms with Gasteiger partial charge in [-0.25, -0.2) is 0 Å². The molecule has 1 rings (SSSR count). The molecule has 0 atom stereocenters. The van der Waals surface area contributed by atoms with E-state index in [9.17, 15) is 4.79 Å². The highest BCUT2D eigenvalue weighted by atomic mass is 16.5. The van der Waals surface area contributed by atoms with Crippen LogP contribution in [0.2, 0.25) is 0 Å². The third-order valence-corrected chi connectivity index (χ3v) is 4.49. The van der Waals surface area contributed by atoms with E-state index in [-0.39, 0.29) is 11.3 Å². The second-order valence-electron chi connectivity index (χ2n) is 7.45. The molecule has 1 aliphatic rings. The molecule has 1 amide bonds. The zero-order valence-electron chi connectivity index (χ0n) is 15.4. The lowest BCUT2D eigenvalue weighted by Crippen LogP contribution is -2.48. The van der Waals surface area contributed by atoms with Crippen molar-refractivity contribution in [2.24, 2.45) is 15.8 Å². The molecular weight excluding hydrogens is 292 g/mol. The van der Waals surface area contributed by atoms with E-state index in [1.807, 2.05) is 20.8 Å². The Morgan fingerprint density at radius 1 is 1.17 bits per heavy atom. The normalized spacial score (nSPS) is 17.3. The number of hydrogen-bond donors (Lipinski definition) is 3. The SMILES string of the molecule is CN=C(NCCNC(=O)C(C)(C)C)NCC1(CCOC)CCC1. The van der Waals surface area contributed by atoms with E-state index in [0.717, 1.165) is 25.5 Å². The maximum absolute atomic E-state index is 11.8. The quantitative estimate of drug-likeness (QED) is 0.359. The molecule has 0 spiro atoms. The molecule has 6 heteroatoms. The number of rotatable bonds is 8. The topological polar surface area (TPSA) is 74.8 Å². The Balaban J connectivity index is 2.26. The Bertz CT molecular complexity index is 398. The average Bonchev–Trinajstić information content (AvgIpc) is 2.46. The lowest BCUT2D eigenvalue weighted by atomic mass is 9.67. The van der Waals surface area contributed by atoms with Gasteiger partial charge in [-0.2, -0.15) is 0 Å². The first-order chi connectivity index (χ1) is 10.8. The van der Waals surface area contributed by atoms with Crippen molar-refractivity contribution >= 4 is 11.9 Å². The van der Waals surface area contributed by atoms with Crippen molar-refractivity contribution in [3.05, 3.63) is 0 Å². The summed E-state index contributed by atoms with van der Waals surface area (Å²) in [7, 11) is 3.53. The monoisotopic (exact) mass is 326 g/mol. The van der Waals surface area contributed by atoms with Gasteiger partial charge in [-0.1, -0.05) is 27.2 Å². The van der Waals surface area contributed by atoms with E-state index in [2.05, 4.69) is 20.9 Å². The van der Waals surface area contributed by atoms with Gasteiger partial charge in [0, 0.05) is 45.8 Å². The number of nitrogens with zero attached hydrogens (tertiary/aromatic N) is 1. The molecule has 0 aromatic heterocycles. The van der Waals surface area contributed by atoms with Crippen LogP contribution in [-0.4, -0.2) is 52.3 Å². The second-order valence-corrected chi connectivity index (χ2v) is 7.45. The molecule has 0 bridgehead atoms. The first-order valence-corrected chi connectivity index (χ1v) is 8.55. The summed E-state index contributed by atoms with van der Waals surface area (Å²) in [5.74, 6) is 0.855. The second kappa shape index (κ2) is 9.11. The molecule has 0 aliphatic heterocycles. The maximum atomic E-state index is 11.8. The Morgan fingerprint density at radius 2 is 1.83 bits per heavy atom. The molecule has 0 radical (unpaired) electrons. The third kappa shape index (κ3) is 6.77. The van der Waals surface area contributed by atoms with Crippen LogP contribution in [0.5, 0.6) is 0 Å². The maximum Gasteiger partial charge on any atom is 0.225 e. The molecule has 6 nitrogen and oxygen atoms in total. The highest BCUT2D eigenvalue weighted by Crippen LogP contribution is 2.43. The highest BCUT2D eigenvalue weighted by Gasteiger charge is 2.36. The van der Waals surface area contributed by atoms with Crippen molar-refractivity contribution < 1.29 is 9.53 Å². The fourth-order valence-electron chi connectivity index (χ4n) is 2.62. The minimum Gasteiger partial charge on any atom is -0.385 e. The summed E-state index contributed by atoms with van der Waals surface area (Å²) in [6.45, 7) is 8.71. The van der Waals surface area contributed by atoms with E-state index in [4.69, 9.17) is 4.74 Å². The molecule has 0 unspecified atom stereocenters. The van der Waals surface area contributed by atoms with Crippen molar-refractivity contribution in [1.82, 2.24) is 16.0 Å². The number of carbonyl (C=O) groups is 1. The Kier molecular flexibility index (Phi) is 7.82. The molecule has 0 heterocycles. The minimum atomic E-state index is -0.349. The number of aliphatic imine (C=N–C) groups is 1. The first kappa shape index (κ1) is 19.7. The number of hydrogen-bond acceptors (Lipinski definition) is 3. The van der Waals surface area contributed by atoms with Gasteiger partial charge in [0.1, 0.15) is 0 Å². The summed E-state index contributed by atoms with van der Waals surface area (Å²) in [4.78, 5) is 16.0. The first-order valence-electron chi connectivity index (χ1n) is 8.55. The molecule has 23 heavy (non-hydrogen) atoms. The summed E-state index contributed by atoms with van der Waals surface area (Å²) in [5, 5.41) is 9.58. The van der Waals surface area contributed by atoms with Crippen molar-refractivity contribution in [3.63, 3.8) is 0 Å². The molecule has 1 aliphatic carbocycles. The van der Waals surface area contributed by atoms with Crippen LogP contribution >= 0.6 is 0 Å². The predicted octanol–water partition coefficient (Wildman–Crippen LogP) is 1.52. The average molecular weight is 326 g/mol. The molecule has 3 N–H and O–H groups in total. The van der Waals surface area contributed by atoms with Crippen LogP contribution in [0.25, 0.3) is 0 Å². The van der Waals surface area contributed by atoms with E-state index in [0.29, 0.717) is 18.5 Å². The van der Waals surface area contributed by atoms with Crippen molar-refractivity contribution in [2.45, 2.75) is 46.5 Å². The van der Waals surface area contributed by atoms with E-state index in [1.165, 1.54) is 19.3 Å². The smallest absolute Gasteiger partial charge is 0.225 e. The fraction of sp³-hybridized carbons (Fsp3) is 0.882. The lowest BCUT2D eigenvalue weighted by molar-refractivity contribution is -0.128. The van der Waals surface area contributed by atoms with Crippen LogP contribution < -0.4 is 16.0 Å². The summed E-state index contributed by atoms with van der Waals surface area (Å²) in [6, 6.07) is 0. The molecular formula is C17H34N4O2. The summed E-state index contributed by atoms with van der Waals surface area (Å²) in [5.41, 5.74) is 0.00591. The van der Waals surface area contributed by atoms with Gasteiger partial charge in [0.25, 0.3) is 0 Å². The zero-order chi connectivity index (χ0) is 17.3. The van der Waals surface area contributed by atoms with Crippen LogP contribution in [0.1, 0.15) is 46.5 Å². The Labute approximate surface area is 140 Å². The van der Waals surface area contributed by atoms with Crippen LogP contribution in [0.3, 0.4) is 0 Å². The number of methoxy groups -OCH3 is 1. The van der Waals surface area contributed by atoms with Crippen LogP contribution in [0.15, 0.2) is 4.99 Å². The number of nitrogens with one attached hydrogen (secondary N) is 3. The van der Waals surface area contributed by atoms with Gasteiger partial charge < -0.3 is 20.7 Å². The van der Waals surface area contributed by atoms with Crippen molar-refractivity contribution in [3.8, 4) is 0 Å². The van der Waals surface area contributed by atoms with E-state index < -0.39 is 0 Å². The minimum absolute atomic E-state index is 0.0650. The third-order valence-electron chi connectivity index (χ3n) is 4.49.